The van der Waals surface area contributed by atoms with E-state index in [1.165, 1.54) is 0 Å². The van der Waals surface area contributed by atoms with Crippen molar-refractivity contribution in [3.05, 3.63) is 29.8 Å². The maximum atomic E-state index is 12.9. The third kappa shape index (κ3) is 2.94. The first-order valence-electron chi connectivity index (χ1n) is 7.69. The lowest BCUT2D eigenvalue weighted by atomic mass is 9.93. The van der Waals surface area contributed by atoms with E-state index in [2.05, 4.69) is 5.32 Å². The molecule has 1 N–H and O–H groups in total. The molecular weight excluding hydrogens is 264 g/mol. The van der Waals surface area contributed by atoms with Crippen molar-refractivity contribution in [2.75, 3.05) is 4.90 Å². The van der Waals surface area contributed by atoms with Crippen LogP contribution in [0.1, 0.15) is 39.2 Å². The first-order chi connectivity index (χ1) is 9.99. The quantitative estimate of drug-likeness (QED) is 0.926. The van der Waals surface area contributed by atoms with Crippen LogP contribution in [0.25, 0.3) is 0 Å². The molecule has 1 aliphatic heterocycles. The summed E-state index contributed by atoms with van der Waals surface area (Å²) in [6.07, 6.45) is 1.47. The molecule has 3 unspecified atom stereocenters. The molecule has 0 aromatic heterocycles. The van der Waals surface area contributed by atoms with Crippen molar-refractivity contribution >= 4 is 17.5 Å². The number of benzene rings is 1. The molecule has 0 radical (unpaired) electrons. The predicted molar refractivity (Wildman–Crippen MR) is 84.1 cm³/mol. The summed E-state index contributed by atoms with van der Waals surface area (Å²) < 4.78 is 0. The van der Waals surface area contributed by atoms with Crippen LogP contribution in [0.3, 0.4) is 0 Å². The summed E-state index contributed by atoms with van der Waals surface area (Å²) in [5.41, 5.74) is 1.90. The molecule has 0 saturated carbocycles. The molecule has 1 fully saturated rings. The van der Waals surface area contributed by atoms with Crippen LogP contribution in [-0.4, -0.2) is 23.9 Å². The van der Waals surface area contributed by atoms with Crippen molar-refractivity contribution in [2.45, 2.75) is 52.6 Å². The number of anilines is 1. The minimum Gasteiger partial charge on any atom is -0.342 e. The highest BCUT2D eigenvalue weighted by Gasteiger charge is 2.42. The fourth-order valence-corrected chi connectivity index (χ4v) is 2.81. The summed E-state index contributed by atoms with van der Waals surface area (Å²) in [7, 11) is 0. The lowest BCUT2D eigenvalue weighted by Crippen LogP contribution is -2.65. The van der Waals surface area contributed by atoms with Gasteiger partial charge in [-0.1, -0.05) is 39.3 Å². The van der Waals surface area contributed by atoms with E-state index >= 15 is 0 Å². The zero-order valence-corrected chi connectivity index (χ0v) is 13.2. The van der Waals surface area contributed by atoms with Crippen molar-refractivity contribution in [3.63, 3.8) is 0 Å². The number of rotatable bonds is 4. The molecule has 114 valence electrons. The predicted octanol–water partition coefficient (Wildman–Crippen LogP) is 2.65. The maximum absolute atomic E-state index is 12.9. The van der Waals surface area contributed by atoms with Crippen LogP contribution in [0.4, 0.5) is 5.69 Å². The highest BCUT2D eigenvalue weighted by molar-refractivity contribution is 6.08. The first kappa shape index (κ1) is 15.5. The van der Waals surface area contributed by atoms with Crippen LogP contribution in [0.15, 0.2) is 24.3 Å². The number of aryl methyl sites for hydroxylation is 1. The average Bonchev–Trinajstić information content (AvgIpc) is 2.47. The van der Waals surface area contributed by atoms with Gasteiger partial charge in [-0.25, -0.2) is 0 Å². The van der Waals surface area contributed by atoms with Gasteiger partial charge in [-0.15, -0.1) is 0 Å². The number of hydrogen-bond acceptors (Lipinski definition) is 2. The Morgan fingerprint density at radius 3 is 2.57 bits per heavy atom. The number of carbonyl (C=O) groups excluding carboxylic acids is 2. The van der Waals surface area contributed by atoms with Crippen molar-refractivity contribution in [1.29, 1.82) is 0 Å². The van der Waals surface area contributed by atoms with Crippen LogP contribution in [0.5, 0.6) is 0 Å². The van der Waals surface area contributed by atoms with Crippen molar-refractivity contribution in [3.8, 4) is 0 Å². The minimum absolute atomic E-state index is 0.00130. The minimum atomic E-state index is -0.425. The van der Waals surface area contributed by atoms with Gasteiger partial charge in [0.15, 0.2) is 0 Å². The summed E-state index contributed by atoms with van der Waals surface area (Å²) in [4.78, 5) is 26.9. The molecule has 2 amide bonds. The Kier molecular flexibility index (Phi) is 4.66. The van der Waals surface area contributed by atoms with Gasteiger partial charge in [0.05, 0.1) is 0 Å². The van der Waals surface area contributed by atoms with Crippen molar-refractivity contribution in [1.82, 2.24) is 5.32 Å². The molecule has 4 nitrogen and oxygen atoms in total. The molecule has 3 atom stereocenters. The molecule has 1 aliphatic rings. The van der Waals surface area contributed by atoms with Gasteiger partial charge in [-0.05, 0) is 37.0 Å². The molecule has 1 aromatic carbocycles. The topological polar surface area (TPSA) is 49.4 Å². The van der Waals surface area contributed by atoms with Crippen LogP contribution in [0.2, 0.25) is 0 Å². The zero-order chi connectivity index (χ0) is 15.6. The third-order valence-electron chi connectivity index (χ3n) is 4.30. The number of hydrogen-bond donors (Lipinski definition) is 1. The second-order valence-corrected chi connectivity index (χ2v) is 5.84. The summed E-state index contributed by atoms with van der Waals surface area (Å²) >= 11 is 0. The van der Waals surface area contributed by atoms with Crippen molar-refractivity contribution in [2.24, 2.45) is 5.92 Å². The van der Waals surface area contributed by atoms with Gasteiger partial charge in [0.25, 0.3) is 5.91 Å². The molecule has 0 spiro atoms. The molecule has 1 heterocycles. The Labute approximate surface area is 126 Å². The normalized spacial score (nSPS) is 23.9. The molecule has 2 rings (SSSR count). The van der Waals surface area contributed by atoms with Gasteiger partial charge in [0, 0.05) is 5.69 Å². The number of piperazine rings is 1. The highest BCUT2D eigenvalue weighted by Crippen LogP contribution is 2.26. The Balaban J connectivity index is 2.42. The van der Waals surface area contributed by atoms with E-state index in [4.69, 9.17) is 0 Å². The second kappa shape index (κ2) is 6.29. The largest absolute Gasteiger partial charge is 0.342 e. The lowest BCUT2D eigenvalue weighted by molar-refractivity contribution is -0.135. The number of nitrogens with zero attached hydrogens (tertiary/aromatic N) is 1. The van der Waals surface area contributed by atoms with E-state index in [1.807, 2.05) is 52.0 Å². The Bertz CT molecular complexity index is 541. The van der Waals surface area contributed by atoms with Gasteiger partial charge < -0.3 is 5.32 Å². The fraction of sp³-hybridized carbons (Fsp3) is 0.529. The van der Waals surface area contributed by atoms with Gasteiger partial charge in [-0.2, -0.15) is 0 Å². The maximum Gasteiger partial charge on any atom is 0.250 e. The fourth-order valence-electron chi connectivity index (χ4n) is 2.81. The van der Waals surface area contributed by atoms with Gasteiger partial charge >= 0.3 is 0 Å². The molecule has 0 aliphatic carbocycles. The standard InChI is InChI=1S/C17H24N2O2/c1-5-12(4)15-17(21)19(14(6-2)16(20)18-15)13-9-7-8-11(3)10-13/h7-10,12,14-15H,5-6H2,1-4H3,(H,18,20). The van der Waals surface area contributed by atoms with Gasteiger partial charge in [-0.3, -0.25) is 14.5 Å². The summed E-state index contributed by atoms with van der Waals surface area (Å²) in [6, 6.07) is 6.94. The van der Waals surface area contributed by atoms with E-state index in [1.54, 1.807) is 4.90 Å². The van der Waals surface area contributed by atoms with E-state index < -0.39 is 12.1 Å². The number of carbonyl (C=O) groups is 2. The monoisotopic (exact) mass is 288 g/mol. The van der Waals surface area contributed by atoms with E-state index in [0.29, 0.717) is 6.42 Å². The Morgan fingerprint density at radius 1 is 1.29 bits per heavy atom. The lowest BCUT2D eigenvalue weighted by Gasteiger charge is -2.40. The highest BCUT2D eigenvalue weighted by atomic mass is 16.2. The average molecular weight is 288 g/mol. The first-order valence-corrected chi connectivity index (χ1v) is 7.69. The van der Waals surface area contributed by atoms with Gasteiger partial charge in [0.1, 0.15) is 12.1 Å². The smallest absolute Gasteiger partial charge is 0.250 e. The van der Waals surface area contributed by atoms with Crippen molar-refractivity contribution < 1.29 is 9.59 Å². The van der Waals surface area contributed by atoms with E-state index in [0.717, 1.165) is 17.7 Å². The summed E-state index contributed by atoms with van der Waals surface area (Å²) in [6.45, 7) is 7.96. The molecule has 1 aromatic rings. The van der Waals surface area contributed by atoms with E-state index in [-0.39, 0.29) is 17.7 Å². The van der Waals surface area contributed by atoms with Crippen LogP contribution in [0, 0.1) is 12.8 Å². The Hall–Kier alpha value is -1.84. The van der Waals surface area contributed by atoms with Crippen LogP contribution in [-0.2, 0) is 9.59 Å². The molecule has 21 heavy (non-hydrogen) atoms. The summed E-state index contributed by atoms with van der Waals surface area (Å²) in [5, 5.41) is 2.90. The molecule has 0 bridgehead atoms. The zero-order valence-electron chi connectivity index (χ0n) is 13.2. The molecule has 1 saturated heterocycles. The molecular formula is C17H24N2O2. The number of nitrogens with one attached hydrogen (secondary N) is 1. The SMILES string of the molecule is CCC(C)C1NC(=O)C(CC)N(c2cccc(C)c2)C1=O. The Morgan fingerprint density at radius 2 is 2.00 bits per heavy atom. The van der Waals surface area contributed by atoms with E-state index in [9.17, 15) is 9.59 Å². The third-order valence-corrected chi connectivity index (χ3v) is 4.30. The molecule has 4 heteroatoms. The second-order valence-electron chi connectivity index (χ2n) is 5.84. The van der Waals surface area contributed by atoms with Crippen LogP contribution >= 0.6 is 0 Å². The van der Waals surface area contributed by atoms with Gasteiger partial charge in [0.2, 0.25) is 5.91 Å². The number of amides is 2. The summed E-state index contributed by atoms with van der Waals surface area (Å²) in [5.74, 6) is 0.0804. The van der Waals surface area contributed by atoms with Crippen LogP contribution < -0.4 is 10.2 Å².